The quantitative estimate of drug-likeness (QED) is 0.935. The lowest BCUT2D eigenvalue weighted by Gasteiger charge is -2.29. The first-order valence-electron chi connectivity index (χ1n) is 7.52. The van der Waals surface area contributed by atoms with Crippen molar-refractivity contribution in [3.63, 3.8) is 0 Å². The minimum Gasteiger partial charge on any atom is -0.497 e. The molecule has 1 heterocycles. The molecule has 0 radical (unpaired) electrons. The van der Waals surface area contributed by atoms with Crippen molar-refractivity contribution in [1.82, 2.24) is 0 Å². The molecular formula is C18H18N2O4. The van der Waals surface area contributed by atoms with Crippen molar-refractivity contribution in [2.45, 2.75) is 6.42 Å². The Hall–Kier alpha value is -3.02. The zero-order valence-corrected chi connectivity index (χ0v) is 13.5. The fourth-order valence-electron chi connectivity index (χ4n) is 2.71. The molecule has 0 spiro atoms. The maximum Gasteiger partial charge on any atom is 0.244 e. The summed E-state index contributed by atoms with van der Waals surface area (Å²) >= 11 is 0. The van der Waals surface area contributed by atoms with Crippen LogP contribution >= 0.6 is 0 Å². The van der Waals surface area contributed by atoms with Gasteiger partial charge >= 0.3 is 0 Å². The van der Waals surface area contributed by atoms with Gasteiger partial charge in [0, 0.05) is 11.6 Å². The summed E-state index contributed by atoms with van der Waals surface area (Å²) in [4.78, 5) is 26.1. The number of hydrogen-bond donors (Lipinski definition) is 1. The number of ether oxygens (including phenoxy) is 2. The molecule has 0 fully saturated rings. The zero-order valence-electron chi connectivity index (χ0n) is 13.5. The van der Waals surface area contributed by atoms with Gasteiger partial charge in [-0.3, -0.25) is 9.59 Å². The number of carbonyl (C=O) groups excluding carboxylic acids is 2. The first kappa shape index (κ1) is 15.9. The topological polar surface area (TPSA) is 67.9 Å². The van der Waals surface area contributed by atoms with E-state index in [4.69, 9.17) is 9.47 Å². The molecule has 2 amide bonds. The number of nitrogens with one attached hydrogen (secondary N) is 1. The average Bonchev–Trinajstić information content (AvgIpc) is 2.61. The highest BCUT2D eigenvalue weighted by Crippen LogP contribution is 2.31. The molecule has 0 atom stereocenters. The molecular weight excluding hydrogens is 308 g/mol. The highest BCUT2D eigenvalue weighted by molar-refractivity contribution is 6.10. The standard InChI is InChI=1S/C18H18N2O4/c1-23-13-8-7-12(16(10-13)24-2)9-18(22)20-11-17(21)19-14-5-3-4-6-15(14)20/h3-8,10H,9,11H2,1-2H3,(H,19,21). The number of amides is 2. The molecule has 0 aromatic heterocycles. The molecule has 0 bridgehead atoms. The molecule has 0 aliphatic carbocycles. The number of para-hydroxylation sites is 2. The van der Waals surface area contributed by atoms with Crippen LogP contribution in [0.2, 0.25) is 0 Å². The third-order valence-electron chi connectivity index (χ3n) is 3.91. The molecule has 2 aromatic rings. The van der Waals surface area contributed by atoms with Crippen molar-refractivity contribution in [3.05, 3.63) is 48.0 Å². The predicted octanol–water partition coefficient (Wildman–Crippen LogP) is 2.23. The summed E-state index contributed by atoms with van der Waals surface area (Å²) in [6, 6.07) is 12.6. The van der Waals surface area contributed by atoms with Crippen molar-refractivity contribution >= 4 is 23.2 Å². The predicted molar refractivity (Wildman–Crippen MR) is 90.7 cm³/mol. The number of rotatable bonds is 4. The van der Waals surface area contributed by atoms with Crippen LogP contribution < -0.4 is 19.7 Å². The van der Waals surface area contributed by atoms with E-state index in [-0.39, 0.29) is 24.8 Å². The van der Waals surface area contributed by atoms with E-state index < -0.39 is 0 Å². The number of benzene rings is 2. The molecule has 0 unspecified atom stereocenters. The van der Waals surface area contributed by atoms with Gasteiger partial charge < -0.3 is 19.7 Å². The number of fused-ring (bicyclic) bond motifs is 1. The fourth-order valence-corrected chi connectivity index (χ4v) is 2.71. The van der Waals surface area contributed by atoms with Crippen molar-refractivity contribution in [2.75, 3.05) is 31.0 Å². The van der Waals surface area contributed by atoms with Crippen LogP contribution in [0.3, 0.4) is 0 Å². The first-order valence-corrected chi connectivity index (χ1v) is 7.52. The Morgan fingerprint density at radius 1 is 1.17 bits per heavy atom. The molecule has 2 aromatic carbocycles. The summed E-state index contributed by atoms with van der Waals surface area (Å²) in [5.41, 5.74) is 2.09. The van der Waals surface area contributed by atoms with Crippen molar-refractivity contribution in [1.29, 1.82) is 0 Å². The average molecular weight is 326 g/mol. The van der Waals surface area contributed by atoms with E-state index in [9.17, 15) is 9.59 Å². The molecule has 24 heavy (non-hydrogen) atoms. The van der Waals surface area contributed by atoms with Crippen LogP contribution in [0.5, 0.6) is 11.5 Å². The van der Waals surface area contributed by atoms with Gasteiger partial charge in [-0.1, -0.05) is 18.2 Å². The monoisotopic (exact) mass is 326 g/mol. The number of hydrogen-bond acceptors (Lipinski definition) is 4. The van der Waals surface area contributed by atoms with Crippen LogP contribution in [0.4, 0.5) is 11.4 Å². The van der Waals surface area contributed by atoms with Crippen molar-refractivity contribution in [2.24, 2.45) is 0 Å². The zero-order chi connectivity index (χ0) is 17.1. The normalized spacial score (nSPS) is 13.1. The summed E-state index contributed by atoms with van der Waals surface area (Å²) in [5, 5.41) is 2.77. The van der Waals surface area contributed by atoms with Gasteiger partial charge in [0.1, 0.15) is 18.0 Å². The lowest BCUT2D eigenvalue weighted by atomic mass is 10.1. The minimum atomic E-state index is -0.205. The maximum absolute atomic E-state index is 12.8. The molecule has 1 aliphatic rings. The van der Waals surface area contributed by atoms with Crippen molar-refractivity contribution in [3.8, 4) is 11.5 Å². The third kappa shape index (κ3) is 3.03. The van der Waals surface area contributed by atoms with Crippen LogP contribution in [0.1, 0.15) is 5.56 Å². The molecule has 3 rings (SSSR count). The number of methoxy groups -OCH3 is 2. The Bertz CT molecular complexity index is 788. The molecule has 124 valence electrons. The van der Waals surface area contributed by atoms with Gasteiger partial charge in [-0.05, 0) is 18.2 Å². The van der Waals surface area contributed by atoms with E-state index in [0.29, 0.717) is 22.9 Å². The molecule has 0 saturated carbocycles. The van der Waals surface area contributed by atoms with Gasteiger partial charge in [-0.15, -0.1) is 0 Å². The Morgan fingerprint density at radius 2 is 1.96 bits per heavy atom. The second-order valence-electron chi connectivity index (χ2n) is 5.40. The smallest absolute Gasteiger partial charge is 0.244 e. The molecule has 6 heteroatoms. The lowest BCUT2D eigenvalue weighted by molar-refractivity contribution is -0.121. The fraction of sp³-hybridized carbons (Fsp3) is 0.222. The SMILES string of the molecule is COc1ccc(CC(=O)N2CC(=O)Nc3ccccc32)c(OC)c1. The molecule has 6 nitrogen and oxygen atoms in total. The van der Waals surface area contributed by atoms with Gasteiger partial charge in [0.15, 0.2) is 0 Å². The van der Waals surface area contributed by atoms with E-state index in [0.717, 1.165) is 5.56 Å². The van der Waals surface area contributed by atoms with Gasteiger partial charge in [0.25, 0.3) is 0 Å². The van der Waals surface area contributed by atoms with Crippen LogP contribution in [-0.4, -0.2) is 32.6 Å². The van der Waals surface area contributed by atoms with Crippen LogP contribution in [0.25, 0.3) is 0 Å². The summed E-state index contributed by atoms with van der Waals surface area (Å²) < 4.78 is 10.5. The van der Waals surface area contributed by atoms with Gasteiger partial charge in [0.2, 0.25) is 11.8 Å². The largest absolute Gasteiger partial charge is 0.497 e. The maximum atomic E-state index is 12.8. The summed E-state index contributed by atoms with van der Waals surface area (Å²) in [6.45, 7) is 0.00825. The van der Waals surface area contributed by atoms with Gasteiger partial charge in [-0.25, -0.2) is 0 Å². The number of anilines is 2. The number of carbonyl (C=O) groups is 2. The Balaban J connectivity index is 1.87. The third-order valence-corrected chi connectivity index (χ3v) is 3.91. The Labute approximate surface area is 140 Å². The Kier molecular flexibility index (Phi) is 4.37. The van der Waals surface area contributed by atoms with E-state index in [2.05, 4.69) is 5.32 Å². The first-order chi connectivity index (χ1) is 11.6. The second kappa shape index (κ2) is 6.62. The number of nitrogens with zero attached hydrogens (tertiary/aromatic N) is 1. The van der Waals surface area contributed by atoms with E-state index in [1.54, 1.807) is 38.5 Å². The van der Waals surface area contributed by atoms with E-state index in [1.807, 2.05) is 18.2 Å². The molecule has 0 saturated heterocycles. The second-order valence-corrected chi connectivity index (χ2v) is 5.40. The van der Waals surface area contributed by atoms with Gasteiger partial charge in [0.05, 0.1) is 32.0 Å². The Morgan fingerprint density at radius 3 is 2.71 bits per heavy atom. The summed E-state index contributed by atoms with van der Waals surface area (Å²) in [5.74, 6) is 0.868. The molecule has 1 N–H and O–H groups in total. The lowest BCUT2D eigenvalue weighted by Crippen LogP contribution is -2.42. The van der Waals surface area contributed by atoms with Crippen LogP contribution in [0.15, 0.2) is 42.5 Å². The van der Waals surface area contributed by atoms with Gasteiger partial charge in [-0.2, -0.15) is 0 Å². The minimum absolute atomic E-state index is 0.00825. The highest BCUT2D eigenvalue weighted by atomic mass is 16.5. The van der Waals surface area contributed by atoms with Crippen LogP contribution in [0, 0.1) is 0 Å². The van der Waals surface area contributed by atoms with E-state index in [1.165, 1.54) is 4.90 Å². The summed E-state index contributed by atoms with van der Waals surface area (Å²) in [6.07, 6.45) is 0.134. The summed E-state index contributed by atoms with van der Waals surface area (Å²) in [7, 11) is 3.12. The van der Waals surface area contributed by atoms with Crippen molar-refractivity contribution < 1.29 is 19.1 Å². The highest BCUT2D eigenvalue weighted by Gasteiger charge is 2.27. The van der Waals surface area contributed by atoms with E-state index >= 15 is 0 Å². The molecule has 1 aliphatic heterocycles. The van der Waals surface area contributed by atoms with Crippen LogP contribution in [-0.2, 0) is 16.0 Å².